The van der Waals surface area contributed by atoms with Crippen LogP contribution in [0.5, 0.6) is 0 Å². The molecule has 5 aromatic rings. The first kappa shape index (κ1) is 24.8. The van der Waals surface area contributed by atoms with E-state index in [0.29, 0.717) is 16.5 Å². The molecule has 1 amide bonds. The molecule has 0 radical (unpaired) electrons. The fourth-order valence-corrected chi connectivity index (χ4v) is 4.33. The molecule has 0 saturated heterocycles. The molecule has 0 aliphatic carbocycles. The summed E-state index contributed by atoms with van der Waals surface area (Å²) in [5.41, 5.74) is 2.06. The lowest BCUT2D eigenvalue weighted by atomic mass is 10.0. The molecule has 5 rings (SSSR count). The van der Waals surface area contributed by atoms with Crippen LogP contribution in [0.25, 0.3) is 21.7 Å². The number of hydrogen-bond donors (Lipinski definition) is 1. The number of amides is 1. The van der Waals surface area contributed by atoms with Gasteiger partial charge in [0.2, 0.25) is 0 Å². The standard InChI is InChI=1S/C31H25NO6/c33-28-18-24(29-25-14-8-7-13-23(25)15-16-27(29)38-28)20-36-30(34)26(17-21-9-3-1-4-10-21)32-31(35)37-19-22-11-5-2-6-12-22/h1-16,18,26H,17,19-20H2,(H,32,35)/t26-/m0/s1. The van der Waals surface area contributed by atoms with Crippen molar-refractivity contribution in [1.82, 2.24) is 5.32 Å². The highest BCUT2D eigenvalue weighted by Gasteiger charge is 2.24. The largest absolute Gasteiger partial charge is 0.459 e. The first-order valence-corrected chi connectivity index (χ1v) is 12.2. The first-order valence-electron chi connectivity index (χ1n) is 12.2. The lowest BCUT2D eigenvalue weighted by Gasteiger charge is -2.18. The molecule has 0 spiro atoms. The smallest absolute Gasteiger partial charge is 0.408 e. The van der Waals surface area contributed by atoms with Crippen molar-refractivity contribution >= 4 is 33.8 Å². The molecule has 38 heavy (non-hydrogen) atoms. The van der Waals surface area contributed by atoms with Gasteiger partial charge in [0.1, 0.15) is 24.8 Å². The second kappa shape index (κ2) is 11.4. The normalized spacial score (nSPS) is 11.7. The first-order chi connectivity index (χ1) is 18.6. The number of esters is 1. The van der Waals surface area contributed by atoms with Crippen LogP contribution in [0.1, 0.15) is 16.7 Å². The summed E-state index contributed by atoms with van der Waals surface area (Å²) in [5, 5.41) is 5.18. The molecule has 0 saturated carbocycles. The second-order valence-corrected chi connectivity index (χ2v) is 8.81. The summed E-state index contributed by atoms with van der Waals surface area (Å²) in [7, 11) is 0. The van der Waals surface area contributed by atoms with Gasteiger partial charge < -0.3 is 19.2 Å². The minimum absolute atomic E-state index is 0.0681. The van der Waals surface area contributed by atoms with Crippen molar-refractivity contribution in [1.29, 1.82) is 0 Å². The van der Waals surface area contributed by atoms with E-state index in [0.717, 1.165) is 21.9 Å². The van der Waals surface area contributed by atoms with Gasteiger partial charge in [-0.2, -0.15) is 0 Å². The fourth-order valence-electron chi connectivity index (χ4n) is 4.33. The molecule has 1 atom stereocenters. The number of rotatable bonds is 8. The number of ether oxygens (including phenoxy) is 2. The SMILES string of the molecule is O=C(N[C@@H](Cc1ccccc1)C(=O)OCc1cc(=O)oc2ccc3ccccc3c12)OCc1ccccc1. The maximum atomic E-state index is 13.2. The number of benzene rings is 4. The summed E-state index contributed by atoms with van der Waals surface area (Å²) >= 11 is 0. The van der Waals surface area contributed by atoms with Gasteiger partial charge in [-0.15, -0.1) is 0 Å². The highest BCUT2D eigenvalue weighted by molar-refractivity contribution is 6.07. The lowest BCUT2D eigenvalue weighted by Crippen LogP contribution is -2.43. The summed E-state index contributed by atoms with van der Waals surface area (Å²) < 4.78 is 16.4. The number of carbonyl (C=O) groups excluding carboxylic acids is 2. The van der Waals surface area contributed by atoms with Crippen LogP contribution in [0.3, 0.4) is 0 Å². The molecule has 190 valence electrons. The van der Waals surface area contributed by atoms with Gasteiger partial charge in [-0.25, -0.2) is 14.4 Å². The second-order valence-electron chi connectivity index (χ2n) is 8.81. The average molecular weight is 508 g/mol. The summed E-state index contributed by atoms with van der Waals surface area (Å²) in [6.07, 6.45) is -0.524. The highest BCUT2D eigenvalue weighted by Crippen LogP contribution is 2.27. The topological polar surface area (TPSA) is 94.8 Å². The van der Waals surface area contributed by atoms with Crippen molar-refractivity contribution in [3.8, 4) is 0 Å². The lowest BCUT2D eigenvalue weighted by molar-refractivity contribution is -0.147. The van der Waals surface area contributed by atoms with Crippen LogP contribution in [-0.4, -0.2) is 18.1 Å². The highest BCUT2D eigenvalue weighted by atomic mass is 16.6. The number of nitrogens with one attached hydrogen (secondary N) is 1. The zero-order chi connectivity index (χ0) is 26.3. The third-order valence-corrected chi connectivity index (χ3v) is 6.16. The predicted octanol–water partition coefficient (Wildman–Crippen LogP) is 5.53. The molecule has 7 heteroatoms. The molecule has 0 aliphatic rings. The van der Waals surface area contributed by atoms with Crippen LogP contribution < -0.4 is 10.9 Å². The van der Waals surface area contributed by atoms with Crippen molar-refractivity contribution < 1.29 is 23.5 Å². The van der Waals surface area contributed by atoms with Crippen LogP contribution in [0.2, 0.25) is 0 Å². The molecule has 1 heterocycles. The van der Waals surface area contributed by atoms with Crippen LogP contribution >= 0.6 is 0 Å². The van der Waals surface area contributed by atoms with Crippen molar-refractivity contribution in [2.75, 3.05) is 0 Å². The van der Waals surface area contributed by atoms with Crippen LogP contribution in [0.4, 0.5) is 4.79 Å². The van der Waals surface area contributed by atoms with E-state index in [4.69, 9.17) is 13.9 Å². The minimum atomic E-state index is -0.996. The van der Waals surface area contributed by atoms with Crippen LogP contribution in [0.15, 0.2) is 112 Å². The van der Waals surface area contributed by atoms with Gasteiger partial charge in [-0.3, -0.25) is 0 Å². The quantitative estimate of drug-likeness (QED) is 0.169. The maximum absolute atomic E-state index is 13.2. The van der Waals surface area contributed by atoms with E-state index in [2.05, 4.69) is 5.32 Å². The molecule has 0 unspecified atom stereocenters. The zero-order valence-corrected chi connectivity index (χ0v) is 20.5. The van der Waals surface area contributed by atoms with Gasteiger partial charge in [0, 0.05) is 23.4 Å². The van der Waals surface area contributed by atoms with E-state index in [9.17, 15) is 14.4 Å². The molecule has 7 nitrogen and oxygen atoms in total. The van der Waals surface area contributed by atoms with Crippen molar-refractivity contribution in [3.63, 3.8) is 0 Å². The van der Waals surface area contributed by atoms with Gasteiger partial charge in [0.15, 0.2) is 0 Å². The maximum Gasteiger partial charge on any atom is 0.408 e. The van der Waals surface area contributed by atoms with Gasteiger partial charge >= 0.3 is 17.7 Å². The summed E-state index contributed by atoms with van der Waals surface area (Å²) in [6.45, 7) is -0.0976. The van der Waals surface area contributed by atoms with Crippen molar-refractivity contribution in [2.24, 2.45) is 0 Å². The van der Waals surface area contributed by atoms with Crippen LogP contribution in [0, 0.1) is 0 Å². The molecular formula is C31H25NO6. The zero-order valence-electron chi connectivity index (χ0n) is 20.5. The Labute approximate surface area is 218 Å². The molecule has 0 aliphatic heterocycles. The van der Waals surface area contributed by atoms with E-state index in [1.54, 1.807) is 6.07 Å². The van der Waals surface area contributed by atoms with Gasteiger partial charge in [-0.1, -0.05) is 91.0 Å². The van der Waals surface area contributed by atoms with Gasteiger partial charge in [0.25, 0.3) is 0 Å². The Kier molecular flexibility index (Phi) is 7.45. The Morgan fingerprint density at radius 1 is 0.763 bits per heavy atom. The molecule has 1 aromatic heterocycles. The van der Waals surface area contributed by atoms with Crippen LogP contribution in [-0.2, 0) is 33.9 Å². The third kappa shape index (κ3) is 5.90. The van der Waals surface area contributed by atoms with Crippen molar-refractivity contribution in [3.05, 3.63) is 130 Å². The fraction of sp³-hybridized carbons (Fsp3) is 0.129. The molecule has 4 aromatic carbocycles. The Hall–Kier alpha value is -4.91. The molecular weight excluding hydrogens is 482 g/mol. The Balaban J connectivity index is 1.35. The van der Waals surface area contributed by atoms with E-state index in [1.165, 1.54) is 6.07 Å². The molecule has 0 bridgehead atoms. The number of hydrogen-bond acceptors (Lipinski definition) is 6. The monoisotopic (exact) mass is 507 g/mol. The Morgan fingerprint density at radius 3 is 2.21 bits per heavy atom. The average Bonchev–Trinajstić information content (AvgIpc) is 2.95. The van der Waals surface area contributed by atoms with Gasteiger partial charge in [0.05, 0.1) is 0 Å². The number of alkyl carbamates (subject to hydrolysis) is 1. The Bertz CT molecular complexity index is 1630. The van der Waals surface area contributed by atoms with E-state index >= 15 is 0 Å². The van der Waals surface area contributed by atoms with E-state index < -0.39 is 23.7 Å². The third-order valence-electron chi connectivity index (χ3n) is 6.16. The minimum Gasteiger partial charge on any atom is -0.459 e. The molecule has 0 fully saturated rings. The predicted molar refractivity (Wildman–Crippen MR) is 143 cm³/mol. The van der Waals surface area contributed by atoms with Crippen molar-refractivity contribution in [2.45, 2.75) is 25.7 Å². The summed E-state index contributed by atoms with van der Waals surface area (Å²) in [6, 6.07) is 30.2. The number of carbonyl (C=O) groups is 2. The number of fused-ring (bicyclic) bond motifs is 3. The van der Waals surface area contributed by atoms with Gasteiger partial charge in [-0.05, 0) is 28.0 Å². The molecule has 1 N–H and O–H groups in total. The van der Waals surface area contributed by atoms with E-state index in [-0.39, 0.29) is 19.6 Å². The Morgan fingerprint density at radius 2 is 1.45 bits per heavy atom. The van der Waals surface area contributed by atoms with E-state index in [1.807, 2.05) is 91.0 Å². The summed E-state index contributed by atoms with van der Waals surface area (Å²) in [5.74, 6) is -0.646. The summed E-state index contributed by atoms with van der Waals surface area (Å²) in [4.78, 5) is 38.0.